The van der Waals surface area contributed by atoms with E-state index >= 15 is 0 Å². The van der Waals surface area contributed by atoms with Crippen LogP contribution in [0.15, 0.2) is 30.3 Å². The number of ether oxygens (including phenoxy) is 1. The molecule has 0 aliphatic rings. The minimum Gasteiger partial charge on any atom is -0.481 e. The molecule has 0 amide bonds. The predicted molar refractivity (Wildman–Crippen MR) is 70.2 cm³/mol. The fourth-order valence-corrected chi connectivity index (χ4v) is 1.78. The second-order valence-electron chi connectivity index (χ2n) is 4.51. The molecule has 86 valence electrons. The summed E-state index contributed by atoms with van der Waals surface area (Å²) in [4.78, 5) is 4.49. The van der Waals surface area contributed by atoms with Crippen LogP contribution in [-0.4, -0.2) is 12.1 Å². The van der Waals surface area contributed by atoms with Gasteiger partial charge < -0.3 is 4.74 Å². The summed E-state index contributed by atoms with van der Waals surface area (Å²) in [6, 6.07) is 9.99. The summed E-state index contributed by atoms with van der Waals surface area (Å²) in [5.41, 5.74) is 1.48. The number of nitrogens with zero attached hydrogens (tertiary/aromatic N) is 1. The highest BCUT2D eigenvalue weighted by atomic mass is 16.5. The maximum Gasteiger partial charge on any atom is 0.218 e. The molecule has 2 nitrogen and oxygen atoms in total. The van der Waals surface area contributed by atoms with Crippen molar-refractivity contribution in [1.29, 1.82) is 0 Å². The van der Waals surface area contributed by atoms with E-state index in [1.165, 1.54) is 0 Å². The fraction of sp³-hybridized carbons (Fsp3) is 0.267. The molecule has 1 aromatic carbocycles. The van der Waals surface area contributed by atoms with Gasteiger partial charge in [-0.15, -0.1) is 6.42 Å². The predicted octanol–water partition coefficient (Wildman–Crippen LogP) is 3.15. The van der Waals surface area contributed by atoms with Crippen molar-refractivity contribution in [1.82, 2.24) is 4.98 Å². The number of benzene rings is 1. The van der Waals surface area contributed by atoms with E-state index in [0.717, 1.165) is 16.5 Å². The molecule has 0 saturated carbocycles. The zero-order valence-corrected chi connectivity index (χ0v) is 10.3. The standard InChI is InChI=1S/C15H15NO/c1-5-15(2,3)12-10-11-8-6-7-9-13(11)16-14(12)17-4/h1,6-10H,2-4H3. The van der Waals surface area contributed by atoms with E-state index in [2.05, 4.69) is 17.0 Å². The number of para-hydroxylation sites is 1. The van der Waals surface area contributed by atoms with Crippen molar-refractivity contribution in [2.75, 3.05) is 7.11 Å². The molecule has 1 heterocycles. The summed E-state index contributed by atoms with van der Waals surface area (Å²) < 4.78 is 5.33. The van der Waals surface area contributed by atoms with Gasteiger partial charge in [0.1, 0.15) is 0 Å². The summed E-state index contributed by atoms with van der Waals surface area (Å²) in [5.74, 6) is 3.38. The van der Waals surface area contributed by atoms with Crippen LogP contribution in [0, 0.1) is 12.3 Å². The van der Waals surface area contributed by atoms with Crippen LogP contribution in [0.5, 0.6) is 5.88 Å². The zero-order valence-electron chi connectivity index (χ0n) is 10.3. The molecule has 2 heteroatoms. The molecule has 17 heavy (non-hydrogen) atoms. The number of pyridine rings is 1. The molecule has 0 fully saturated rings. The number of aromatic nitrogens is 1. The van der Waals surface area contributed by atoms with Crippen molar-refractivity contribution in [3.8, 4) is 18.2 Å². The number of rotatable bonds is 2. The SMILES string of the molecule is C#CC(C)(C)c1cc2ccccc2nc1OC. The van der Waals surface area contributed by atoms with Crippen LogP contribution in [0.25, 0.3) is 10.9 Å². The zero-order chi connectivity index (χ0) is 12.5. The van der Waals surface area contributed by atoms with Gasteiger partial charge in [0.25, 0.3) is 0 Å². The first kappa shape index (κ1) is 11.5. The first-order chi connectivity index (χ1) is 8.08. The minimum atomic E-state index is -0.387. The normalized spacial score (nSPS) is 11.2. The number of hydrogen-bond acceptors (Lipinski definition) is 2. The highest BCUT2D eigenvalue weighted by Gasteiger charge is 2.23. The van der Waals surface area contributed by atoms with Crippen molar-refractivity contribution < 1.29 is 4.74 Å². The van der Waals surface area contributed by atoms with Crippen molar-refractivity contribution in [2.24, 2.45) is 0 Å². The Balaban J connectivity index is 2.75. The molecular formula is C15H15NO. The quantitative estimate of drug-likeness (QED) is 0.732. The van der Waals surface area contributed by atoms with Gasteiger partial charge in [-0.1, -0.05) is 24.1 Å². The van der Waals surface area contributed by atoms with Gasteiger partial charge in [-0.05, 0) is 26.0 Å². The van der Waals surface area contributed by atoms with Gasteiger partial charge in [-0.2, -0.15) is 0 Å². The van der Waals surface area contributed by atoms with Crippen LogP contribution in [0.3, 0.4) is 0 Å². The molecule has 2 aromatic rings. The number of hydrogen-bond donors (Lipinski definition) is 0. The third-order valence-electron chi connectivity index (χ3n) is 2.92. The average molecular weight is 225 g/mol. The molecule has 0 aliphatic carbocycles. The van der Waals surface area contributed by atoms with E-state index in [9.17, 15) is 0 Å². The fourth-order valence-electron chi connectivity index (χ4n) is 1.78. The first-order valence-corrected chi connectivity index (χ1v) is 5.50. The molecule has 0 spiro atoms. The van der Waals surface area contributed by atoms with Gasteiger partial charge in [0, 0.05) is 10.9 Å². The van der Waals surface area contributed by atoms with Gasteiger partial charge in [0.15, 0.2) is 0 Å². The van der Waals surface area contributed by atoms with E-state index < -0.39 is 0 Å². The monoisotopic (exact) mass is 225 g/mol. The lowest BCUT2D eigenvalue weighted by atomic mass is 9.85. The molecule has 1 aromatic heterocycles. The van der Waals surface area contributed by atoms with Crippen molar-refractivity contribution in [2.45, 2.75) is 19.3 Å². The Morgan fingerprint density at radius 1 is 1.29 bits per heavy atom. The Bertz CT molecular complexity index is 593. The summed E-state index contributed by atoms with van der Waals surface area (Å²) in [5, 5.41) is 1.08. The minimum absolute atomic E-state index is 0.387. The van der Waals surface area contributed by atoms with Crippen LogP contribution in [0.2, 0.25) is 0 Å². The van der Waals surface area contributed by atoms with Gasteiger partial charge >= 0.3 is 0 Å². The maximum absolute atomic E-state index is 5.57. The van der Waals surface area contributed by atoms with Crippen LogP contribution >= 0.6 is 0 Å². The summed E-state index contributed by atoms with van der Waals surface area (Å²) in [6.07, 6.45) is 5.57. The molecule has 0 unspecified atom stereocenters. The molecule has 2 rings (SSSR count). The van der Waals surface area contributed by atoms with E-state index in [4.69, 9.17) is 11.2 Å². The third kappa shape index (κ3) is 1.97. The Morgan fingerprint density at radius 3 is 2.65 bits per heavy atom. The molecule has 0 bridgehead atoms. The Morgan fingerprint density at radius 2 is 2.00 bits per heavy atom. The molecular weight excluding hydrogens is 210 g/mol. The van der Waals surface area contributed by atoms with E-state index in [0.29, 0.717) is 5.88 Å². The van der Waals surface area contributed by atoms with Crippen molar-refractivity contribution in [3.63, 3.8) is 0 Å². The largest absolute Gasteiger partial charge is 0.481 e. The van der Waals surface area contributed by atoms with Gasteiger partial charge in [-0.3, -0.25) is 0 Å². The van der Waals surface area contributed by atoms with Crippen LogP contribution in [0.4, 0.5) is 0 Å². The lowest BCUT2D eigenvalue weighted by molar-refractivity contribution is 0.388. The van der Waals surface area contributed by atoms with Gasteiger partial charge in [0.05, 0.1) is 18.0 Å². The van der Waals surface area contributed by atoms with Gasteiger partial charge in [0.2, 0.25) is 5.88 Å². The Hall–Kier alpha value is -2.01. The van der Waals surface area contributed by atoms with Crippen LogP contribution < -0.4 is 4.74 Å². The van der Waals surface area contributed by atoms with Crippen LogP contribution in [0.1, 0.15) is 19.4 Å². The van der Waals surface area contributed by atoms with Gasteiger partial charge in [-0.25, -0.2) is 4.98 Å². The number of methoxy groups -OCH3 is 1. The molecule has 0 N–H and O–H groups in total. The second-order valence-corrected chi connectivity index (χ2v) is 4.51. The lowest BCUT2D eigenvalue weighted by Crippen LogP contribution is -2.16. The van der Waals surface area contributed by atoms with E-state index in [1.807, 2.05) is 38.1 Å². The molecule has 0 saturated heterocycles. The number of terminal acetylenes is 1. The maximum atomic E-state index is 5.57. The van der Waals surface area contributed by atoms with E-state index in [-0.39, 0.29) is 5.41 Å². The third-order valence-corrected chi connectivity index (χ3v) is 2.92. The average Bonchev–Trinajstić information content (AvgIpc) is 2.37. The topological polar surface area (TPSA) is 22.1 Å². The number of fused-ring (bicyclic) bond motifs is 1. The first-order valence-electron chi connectivity index (χ1n) is 5.50. The van der Waals surface area contributed by atoms with E-state index in [1.54, 1.807) is 7.11 Å². The second kappa shape index (κ2) is 4.10. The molecule has 0 atom stereocenters. The highest BCUT2D eigenvalue weighted by molar-refractivity contribution is 5.80. The summed E-state index contributed by atoms with van der Waals surface area (Å²) in [6.45, 7) is 3.97. The lowest BCUT2D eigenvalue weighted by Gasteiger charge is -2.20. The Kier molecular flexibility index (Phi) is 2.77. The molecule has 0 radical (unpaired) electrons. The van der Waals surface area contributed by atoms with Crippen LogP contribution in [-0.2, 0) is 5.41 Å². The summed E-state index contributed by atoms with van der Waals surface area (Å²) >= 11 is 0. The summed E-state index contributed by atoms with van der Waals surface area (Å²) in [7, 11) is 1.62. The van der Waals surface area contributed by atoms with Crippen molar-refractivity contribution in [3.05, 3.63) is 35.9 Å². The molecule has 0 aliphatic heterocycles. The Labute approximate surface area is 102 Å². The highest BCUT2D eigenvalue weighted by Crippen LogP contribution is 2.32. The van der Waals surface area contributed by atoms with Crippen molar-refractivity contribution >= 4 is 10.9 Å². The smallest absolute Gasteiger partial charge is 0.218 e.